The molecule has 1 unspecified atom stereocenters. The number of rotatable bonds is 4. The number of halogens is 2. The predicted molar refractivity (Wildman–Crippen MR) is 102 cm³/mol. The molecule has 1 aliphatic heterocycles. The number of quaternary nitrogens is 1. The summed E-state index contributed by atoms with van der Waals surface area (Å²) >= 11 is 7.58. The number of amides is 1. The van der Waals surface area contributed by atoms with Crippen molar-refractivity contribution in [3.05, 3.63) is 58.3 Å². The molecular formula is C19H18ClFN3OS+. The van der Waals surface area contributed by atoms with Crippen LogP contribution in [0.25, 0.3) is 10.2 Å². The molecule has 26 heavy (non-hydrogen) atoms. The number of para-hydroxylation sites is 1. The number of nitrogens with zero attached hydrogens (tertiary/aromatic N) is 1. The van der Waals surface area contributed by atoms with Crippen LogP contribution in [0.1, 0.15) is 23.9 Å². The van der Waals surface area contributed by atoms with Crippen LogP contribution in [0.5, 0.6) is 0 Å². The van der Waals surface area contributed by atoms with Crippen LogP contribution in [0.2, 0.25) is 5.02 Å². The number of carbonyl (C=O) groups is 1. The fourth-order valence-electron chi connectivity index (χ4n) is 3.45. The molecule has 0 saturated carbocycles. The summed E-state index contributed by atoms with van der Waals surface area (Å²) in [6, 6.07) is 12.4. The molecule has 7 heteroatoms. The van der Waals surface area contributed by atoms with Crippen molar-refractivity contribution in [3.63, 3.8) is 0 Å². The van der Waals surface area contributed by atoms with Gasteiger partial charge in [0.2, 0.25) is 0 Å². The Kier molecular flexibility index (Phi) is 4.89. The Morgan fingerprint density at radius 2 is 2.19 bits per heavy atom. The summed E-state index contributed by atoms with van der Waals surface area (Å²) in [6.45, 7) is 1.19. The summed E-state index contributed by atoms with van der Waals surface area (Å²) in [5.74, 6) is -0.698. The number of anilines is 1. The number of fused-ring (bicyclic) bond motifs is 1. The molecule has 2 N–H and O–H groups in total. The molecule has 0 aliphatic carbocycles. The van der Waals surface area contributed by atoms with Gasteiger partial charge in [0.25, 0.3) is 5.91 Å². The quantitative estimate of drug-likeness (QED) is 0.716. The van der Waals surface area contributed by atoms with Gasteiger partial charge in [0.15, 0.2) is 11.6 Å². The van der Waals surface area contributed by atoms with Crippen LogP contribution >= 0.6 is 22.9 Å². The molecule has 1 fully saturated rings. The lowest BCUT2D eigenvalue weighted by molar-refractivity contribution is -0.910. The zero-order valence-corrected chi connectivity index (χ0v) is 15.5. The van der Waals surface area contributed by atoms with Crippen molar-refractivity contribution in [2.45, 2.75) is 18.9 Å². The second kappa shape index (κ2) is 7.31. The van der Waals surface area contributed by atoms with Gasteiger partial charge in [-0.3, -0.25) is 4.79 Å². The Hall–Kier alpha value is -2.02. The number of hydrogen-bond acceptors (Lipinski definition) is 3. The normalized spacial score (nSPS) is 19.8. The van der Waals surface area contributed by atoms with Crippen molar-refractivity contribution >= 4 is 44.7 Å². The average molecular weight is 391 g/mol. The molecule has 3 aromatic rings. The van der Waals surface area contributed by atoms with Crippen LogP contribution in [0, 0.1) is 5.82 Å². The van der Waals surface area contributed by atoms with Crippen molar-refractivity contribution in [3.8, 4) is 0 Å². The third kappa shape index (κ3) is 3.58. The number of aromatic nitrogens is 1. The molecule has 0 bridgehead atoms. The highest BCUT2D eigenvalue weighted by Gasteiger charge is 2.34. The summed E-state index contributed by atoms with van der Waals surface area (Å²) in [5.41, 5.74) is 1.13. The minimum atomic E-state index is -0.484. The molecule has 4 rings (SSSR count). The standard InChI is InChI=1S/C19H17ClFN3OS/c20-12-7-8-13(21)15(10-12)22-18(25)11-24-9-3-5-16(24)19-23-14-4-1-2-6-17(14)26-19/h1-2,4,6-8,10,16H,3,5,9,11H2,(H,22,25)/p+1/t16-/m1/s1. The van der Waals surface area contributed by atoms with Crippen LogP contribution in [-0.4, -0.2) is 24.0 Å². The number of likely N-dealkylation sites (tertiary alicyclic amines) is 1. The number of carbonyl (C=O) groups excluding carboxylic acids is 1. The predicted octanol–water partition coefficient (Wildman–Crippen LogP) is 3.45. The number of thiazole rings is 1. The molecule has 1 saturated heterocycles. The minimum absolute atomic E-state index is 0.123. The maximum atomic E-state index is 13.8. The van der Waals surface area contributed by atoms with Crippen molar-refractivity contribution in [1.82, 2.24) is 4.98 Å². The van der Waals surface area contributed by atoms with Crippen LogP contribution < -0.4 is 10.2 Å². The van der Waals surface area contributed by atoms with Crippen molar-refractivity contribution in [2.75, 3.05) is 18.4 Å². The average Bonchev–Trinajstić information content (AvgIpc) is 3.24. The summed E-state index contributed by atoms with van der Waals surface area (Å²) in [4.78, 5) is 18.3. The van der Waals surface area contributed by atoms with Gasteiger partial charge in [-0.15, -0.1) is 11.3 Å². The topological polar surface area (TPSA) is 46.4 Å². The lowest BCUT2D eigenvalue weighted by Crippen LogP contribution is -3.11. The second-order valence-electron chi connectivity index (χ2n) is 6.47. The molecule has 2 atom stereocenters. The highest BCUT2D eigenvalue weighted by Crippen LogP contribution is 2.28. The fraction of sp³-hybridized carbons (Fsp3) is 0.263. The van der Waals surface area contributed by atoms with E-state index in [0.29, 0.717) is 5.02 Å². The maximum absolute atomic E-state index is 13.8. The van der Waals surface area contributed by atoms with E-state index in [-0.39, 0.29) is 24.2 Å². The van der Waals surface area contributed by atoms with E-state index in [1.807, 2.05) is 18.2 Å². The van der Waals surface area contributed by atoms with E-state index in [9.17, 15) is 9.18 Å². The first-order chi connectivity index (χ1) is 12.6. The first-order valence-electron chi connectivity index (χ1n) is 8.55. The Morgan fingerprint density at radius 1 is 1.35 bits per heavy atom. The summed E-state index contributed by atoms with van der Waals surface area (Å²) < 4.78 is 15.0. The molecule has 0 radical (unpaired) electrons. The summed E-state index contributed by atoms with van der Waals surface area (Å²) in [5, 5.41) is 4.10. The van der Waals surface area contributed by atoms with E-state index in [1.54, 1.807) is 11.3 Å². The SMILES string of the molecule is O=C(C[NH+]1CCC[C@@H]1c1nc2ccccc2s1)Nc1cc(Cl)ccc1F. The van der Waals surface area contributed by atoms with Gasteiger partial charge in [-0.05, 0) is 30.3 Å². The molecule has 2 heterocycles. The second-order valence-corrected chi connectivity index (χ2v) is 7.97. The molecule has 1 aliphatic rings. The Labute approximate surface area is 159 Å². The largest absolute Gasteiger partial charge is 0.319 e. The van der Waals surface area contributed by atoms with E-state index in [4.69, 9.17) is 16.6 Å². The highest BCUT2D eigenvalue weighted by atomic mass is 35.5. The van der Waals surface area contributed by atoms with Crippen LogP contribution in [0.3, 0.4) is 0 Å². The van der Waals surface area contributed by atoms with E-state index < -0.39 is 5.82 Å². The molecule has 1 aromatic heterocycles. The Morgan fingerprint density at radius 3 is 3.04 bits per heavy atom. The lowest BCUT2D eigenvalue weighted by atomic mass is 10.2. The van der Waals surface area contributed by atoms with Gasteiger partial charge in [-0.25, -0.2) is 9.37 Å². The lowest BCUT2D eigenvalue weighted by Gasteiger charge is -2.19. The molecule has 2 aromatic carbocycles. The van der Waals surface area contributed by atoms with Crippen molar-refractivity contribution in [2.24, 2.45) is 0 Å². The van der Waals surface area contributed by atoms with E-state index in [0.717, 1.165) is 29.9 Å². The first kappa shape index (κ1) is 17.4. The van der Waals surface area contributed by atoms with Gasteiger partial charge in [-0.2, -0.15) is 0 Å². The summed E-state index contributed by atoms with van der Waals surface area (Å²) in [6.07, 6.45) is 2.06. The Bertz CT molecular complexity index is 928. The van der Waals surface area contributed by atoms with Crippen LogP contribution in [0.4, 0.5) is 10.1 Å². The highest BCUT2D eigenvalue weighted by molar-refractivity contribution is 7.18. The molecule has 0 spiro atoms. The summed E-state index contributed by atoms with van der Waals surface area (Å²) in [7, 11) is 0. The van der Waals surface area contributed by atoms with E-state index >= 15 is 0 Å². The first-order valence-corrected chi connectivity index (χ1v) is 9.74. The molecule has 1 amide bonds. The van der Waals surface area contributed by atoms with Crippen molar-refractivity contribution in [1.29, 1.82) is 0 Å². The van der Waals surface area contributed by atoms with Gasteiger partial charge < -0.3 is 10.2 Å². The molecule has 4 nitrogen and oxygen atoms in total. The van der Waals surface area contributed by atoms with Gasteiger partial charge in [0, 0.05) is 17.9 Å². The van der Waals surface area contributed by atoms with Gasteiger partial charge >= 0.3 is 0 Å². The van der Waals surface area contributed by atoms with Crippen molar-refractivity contribution < 1.29 is 14.1 Å². The zero-order chi connectivity index (χ0) is 18.1. The van der Waals surface area contributed by atoms with Gasteiger partial charge in [0.1, 0.15) is 11.9 Å². The van der Waals surface area contributed by atoms with Gasteiger partial charge in [-0.1, -0.05) is 23.7 Å². The number of benzene rings is 2. The van der Waals surface area contributed by atoms with Crippen LogP contribution in [0.15, 0.2) is 42.5 Å². The molecular weight excluding hydrogens is 373 g/mol. The third-order valence-electron chi connectivity index (χ3n) is 4.68. The maximum Gasteiger partial charge on any atom is 0.279 e. The Balaban J connectivity index is 1.48. The monoisotopic (exact) mass is 390 g/mol. The van der Waals surface area contributed by atoms with Crippen LogP contribution in [-0.2, 0) is 4.79 Å². The molecule has 134 valence electrons. The minimum Gasteiger partial charge on any atom is -0.319 e. The number of hydrogen-bond donors (Lipinski definition) is 2. The van der Waals surface area contributed by atoms with Gasteiger partial charge in [0.05, 0.1) is 22.4 Å². The smallest absolute Gasteiger partial charge is 0.279 e. The fourth-order valence-corrected chi connectivity index (χ4v) is 4.79. The zero-order valence-electron chi connectivity index (χ0n) is 14.0. The van der Waals surface area contributed by atoms with E-state index in [2.05, 4.69) is 11.4 Å². The third-order valence-corrected chi connectivity index (χ3v) is 6.07. The number of nitrogens with one attached hydrogen (secondary N) is 2. The van der Waals surface area contributed by atoms with E-state index in [1.165, 1.54) is 27.8 Å².